The van der Waals surface area contributed by atoms with Crippen molar-refractivity contribution in [1.82, 2.24) is 15.0 Å². The summed E-state index contributed by atoms with van der Waals surface area (Å²) in [5.41, 5.74) is 0. The molecule has 0 fully saturated rings. The van der Waals surface area contributed by atoms with Gasteiger partial charge in [0.15, 0.2) is 11.6 Å². The van der Waals surface area contributed by atoms with Crippen molar-refractivity contribution in [2.24, 2.45) is 0 Å². The molecule has 0 aliphatic heterocycles. The summed E-state index contributed by atoms with van der Waals surface area (Å²) in [5.74, 6) is 2.40. The number of rotatable bonds is 6. The van der Waals surface area contributed by atoms with Crippen molar-refractivity contribution in [1.29, 1.82) is 0 Å². The fourth-order valence-electron chi connectivity index (χ4n) is 1.41. The second-order valence-corrected chi connectivity index (χ2v) is 3.59. The lowest BCUT2D eigenvalue weighted by atomic mass is 10.4. The molecule has 0 radical (unpaired) electrons. The van der Waals surface area contributed by atoms with Crippen LogP contribution in [0.2, 0.25) is 0 Å². The van der Waals surface area contributed by atoms with Crippen molar-refractivity contribution in [2.75, 3.05) is 11.9 Å². The number of aromatic amines is 1. The van der Waals surface area contributed by atoms with Gasteiger partial charge >= 0.3 is 0 Å². The highest BCUT2D eigenvalue weighted by molar-refractivity contribution is 5.49. The van der Waals surface area contributed by atoms with Gasteiger partial charge in [-0.3, -0.25) is 0 Å². The first-order valence-electron chi connectivity index (χ1n) is 5.70. The maximum atomic E-state index is 5.60. The van der Waals surface area contributed by atoms with Crippen LogP contribution in [0.25, 0.3) is 0 Å². The van der Waals surface area contributed by atoms with Crippen molar-refractivity contribution < 1.29 is 4.74 Å². The minimum absolute atomic E-state index is 0.604. The second kappa shape index (κ2) is 5.89. The van der Waals surface area contributed by atoms with Crippen LogP contribution in [-0.2, 0) is 6.54 Å². The molecule has 5 heteroatoms. The standard InChI is InChI=1S/C12H16N4O/c1-2-8-17-10-4-3-5-15-12(10)16-9-11-13-6-7-14-11/h3-7H,2,8-9H2,1H3,(H,13,14)(H,15,16). The molecule has 0 saturated carbocycles. The molecule has 0 aliphatic carbocycles. The third-order valence-electron chi connectivity index (χ3n) is 2.21. The molecule has 2 N–H and O–H groups in total. The molecular formula is C12H16N4O. The molecule has 0 amide bonds. The van der Waals surface area contributed by atoms with Gasteiger partial charge in [0, 0.05) is 18.6 Å². The van der Waals surface area contributed by atoms with E-state index in [2.05, 4.69) is 27.2 Å². The number of hydrogen-bond acceptors (Lipinski definition) is 4. The number of ether oxygens (including phenoxy) is 1. The minimum atomic E-state index is 0.604. The topological polar surface area (TPSA) is 62.8 Å². The number of pyridine rings is 1. The molecule has 2 aromatic heterocycles. The fraction of sp³-hybridized carbons (Fsp3) is 0.333. The van der Waals surface area contributed by atoms with Gasteiger partial charge in [-0.2, -0.15) is 0 Å². The monoisotopic (exact) mass is 232 g/mol. The average Bonchev–Trinajstić information content (AvgIpc) is 2.88. The Kier molecular flexibility index (Phi) is 3.96. The Morgan fingerprint density at radius 2 is 2.29 bits per heavy atom. The Hall–Kier alpha value is -2.04. The quantitative estimate of drug-likeness (QED) is 0.801. The molecule has 0 saturated heterocycles. The van der Waals surface area contributed by atoms with Gasteiger partial charge in [0.25, 0.3) is 0 Å². The largest absolute Gasteiger partial charge is 0.490 e. The zero-order valence-corrected chi connectivity index (χ0v) is 9.81. The number of nitrogens with one attached hydrogen (secondary N) is 2. The SMILES string of the molecule is CCCOc1cccnc1NCc1ncc[nH]1. The summed E-state index contributed by atoms with van der Waals surface area (Å²) in [6.45, 7) is 3.37. The molecule has 2 rings (SSSR count). The summed E-state index contributed by atoms with van der Waals surface area (Å²) in [6.07, 6.45) is 6.24. The summed E-state index contributed by atoms with van der Waals surface area (Å²) in [5, 5.41) is 3.19. The number of hydrogen-bond donors (Lipinski definition) is 2. The van der Waals surface area contributed by atoms with E-state index in [1.807, 2.05) is 12.1 Å². The van der Waals surface area contributed by atoms with Crippen LogP contribution in [0.15, 0.2) is 30.7 Å². The van der Waals surface area contributed by atoms with Crippen LogP contribution >= 0.6 is 0 Å². The first-order valence-corrected chi connectivity index (χ1v) is 5.70. The summed E-state index contributed by atoms with van der Waals surface area (Å²) in [4.78, 5) is 11.4. The Balaban J connectivity index is 1.99. The third-order valence-corrected chi connectivity index (χ3v) is 2.21. The van der Waals surface area contributed by atoms with E-state index in [4.69, 9.17) is 4.74 Å². The van der Waals surface area contributed by atoms with E-state index in [1.54, 1.807) is 18.6 Å². The summed E-state index contributed by atoms with van der Waals surface area (Å²) in [6, 6.07) is 3.77. The van der Waals surface area contributed by atoms with E-state index in [9.17, 15) is 0 Å². The van der Waals surface area contributed by atoms with Gasteiger partial charge in [-0.25, -0.2) is 9.97 Å². The van der Waals surface area contributed by atoms with Crippen molar-refractivity contribution in [3.05, 3.63) is 36.5 Å². The van der Waals surface area contributed by atoms with Crippen LogP contribution in [0, 0.1) is 0 Å². The van der Waals surface area contributed by atoms with Gasteiger partial charge in [0.05, 0.1) is 13.2 Å². The Labute approximate surface area is 100 Å². The van der Waals surface area contributed by atoms with E-state index in [0.29, 0.717) is 13.2 Å². The van der Waals surface area contributed by atoms with E-state index >= 15 is 0 Å². The predicted octanol–water partition coefficient (Wildman–Crippen LogP) is 2.21. The number of anilines is 1. The molecule has 0 atom stereocenters. The highest BCUT2D eigenvalue weighted by Crippen LogP contribution is 2.21. The molecule has 0 aliphatic rings. The minimum Gasteiger partial charge on any atom is -0.490 e. The highest BCUT2D eigenvalue weighted by atomic mass is 16.5. The Morgan fingerprint density at radius 3 is 3.06 bits per heavy atom. The highest BCUT2D eigenvalue weighted by Gasteiger charge is 2.04. The maximum Gasteiger partial charge on any atom is 0.169 e. The molecule has 0 unspecified atom stereocenters. The van der Waals surface area contributed by atoms with Crippen LogP contribution in [0.4, 0.5) is 5.82 Å². The lowest BCUT2D eigenvalue weighted by molar-refractivity contribution is 0.318. The number of nitrogens with zero attached hydrogens (tertiary/aromatic N) is 2. The average molecular weight is 232 g/mol. The summed E-state index contributed by atoms with van der Waals surface area (Å²) >= 11 is 0. The lowest BCUT2D eigenvalue weighted by Gasteiger charge is -2.10. The molecule has 2 aromatic rings. The molecule has 5 nitrogen and oxygen atoms in total. The van der Waals surface area contributed by atoms with Crippen LogP contribution in [0.1, 0.15) is 19.2 Å². The van der Waals surface area contributed by atoms with Gasteiger partial charge in [0.1, 0.15) is 5.82 Å². The number of H-pyrrole nitrogens is 1. The predicted molar refractivity (Wildman–Crippen MR) is 65.9 cm³/mol. The molecule has 0 spiro atoms. The molecule has 0 aromatic carbocycles. The van der Waals surface area contributed by atoms with Crippen molar-refractivity contribution >= 4 is 5.82 Å². The van der Waals surface area contributed by atoms with Crippen LogP contribution in [0.5, 0.6) is 5.75 Å². The Morgan fingerprint density at radius 1 is 1.35 bits per heavy atom. The smallest absolute Gasteiger partial charge is 0.169 e. The van der Waals surface area contributed by atoms with Crippen LogP contribution in [0.3, 0.4) is 0 Å². The van der Waals surface area contributed by atoms with Crippen LogP contribution in [-0.4, -0.2) is 21.6 Å². The molecule has 90 valence electrons. The second-order valence-electron chi connectivity index (χ2n) is 3.59. The van der Waals surface area contributed by atoms with E-state index in [1.165, 1.54) is 0 Å². The maximum absolute atomic E-state index is 5.60. The van der Waals surface area contributed by atoms with Gasteiger partial charge in [0.2, 0.25) is 0 Å². The van der Waals surface area contributed by atoms with Gasteiger partial charge in [-0.05, 0) is 18.6 Å². The molecule has 2 heterocycles. The Bertz CT molecular complexity index is 442. The lowest BCUT2D eigenvalue weighted by Crippen LogP contribution is -2.06. The van der Waals surface area contributed by atoms with Crippen molar-refractivity contribution in [3.63, 3.8) is 0 Å². The third kappa shape index (κ3) is 3.21. The summed E-state index contributed by atoms with van der Waals surface area (Å²) < 4.78 is 5.60. The summed E-state index contributed by atoms with van der Waals surface area (Å²) in [7, 11) is 0. The van der Waals surface area contributed by atoms with Gasteiger partial charge < -0.3 is 15.0 Å². The zero-order chi connectivity index (χ0) is 11.9. The van der Waals surface area contributed by atoms with E-state index in [-0.39, 0.29) is 0 Å². The zero-order valence-electron chi connectivity index (χ0n) is 9.81. The van der Waals surface area contributed by atoms with E-state index < -0.39 is 0 Å². The molecular weight excluding hydrogens is 216 g/mol. The van der Waals surface area contributed by atoms with Crippen molar-refractivity contribution in [2.45, 2.75) is 19.9 Å². The normalized spacial score (nSPS) is 10.2. The number of aromatic nitrogens is 3. The van der Waals surface area contributed by atoms with Gasteiger partial charge in [-0.1, -0.05) is 6.92 Å². The van der Waals surface area contributed by atoms with E-state index in [0.717, 1.165) is 23.8 Å². The first-order chi connectivity index (χ1) is 8.40. The number of imidazole rings is 1. The first kappa shape index (κ1) is 11.4. The fourth-order valence-corrected chi connectivity index (χ4v) is 1.41. The van der Waals surface area contributed by atoms with Gasteiger partial charge in [-0.15, -0.1) is 0 Å². The van der Waals surface area contributed by atoms with Crippen LogP contribution < -0.4 is 10.1 Å². The van der Waals surface area contributed by atoms with Crippen molar-refractivity contribution in [3.8, 4) is 5.75 Å². The molecule has 17 heavy (non-hydrogen) atoms. The molecule has 0 bridgehead atoms.